The molecule has 4 aromatic heterocycles. The normalized spacial score (nSPS) is 12.3. The summed E-state index contributed by atoms with van der Waals surface area (Å²) in [5.74, 6) is 1.84. The zero-order valence-corrected chi connectivity index (χ0v) is 34.4. The van der Waals surface area contributed by atoms with Crippen LogP contribution in [0.25, 0.3) is 101 Å². The molecule has 0 saturated carbocycles. The maximum atomic E-state index is 5.42. The number of nitrogens with zero attached hydrogens (tertiary/aromatic N) is 6. The molecule has 0 unspecified atom stereocenters. The van der Waals surface area contributed by atoms with Gasteiger partial charge in [0.15, 0.2) is 11.6 Å². The number of allylic oxidation sites excluding steroid dienone is 1. The fraction of sp³-hybridized carbons (Fsp3) is 0.0526. The van der Waals surface area contributed by atoms with Crippen molar-refractivity contribution in [2.24, 2.45) is 0 Å². The predicted octanol–water partition coefficient (Wildman–Crippen LogP) is 13.7. The number of fused-ring (bicyclic) bond motifs is 7. The van der Waals surface area contributed by atoms with Crippen LogP contribution < -0.4 is 0 Å². The van der Waals surface area contributed by atoms with Crippen LogP contribution in [0.1, 0.15) is 23.2 Å². The summed E-state index contributed by atoms with van der Waals surface area (Å²) < 4.78 is 4.82. The molecule has 12 rings (SSSR count). The smallest absolute Gasteiger partial charge is 0.238 e. The van der Waals surface area contributed by atoms with E-state index < -0.39 is 0 Å². The molecule has 298 valence electrons. The summed E-state index contributed by atoms with van der Waals surface area (Å²) in [6.07, 6.45) is 6.44. The fourth-order valence-corrected chi connectivity index (χ4v) is 9.43. The molecule has 0 aliphatic heterocycles. The van der Waals surface area contributed by atoms with Gasteiger partial charge in [0.2, 0.25) is 5.95 Å². The summed E-state index contributed by atoms with van der Waals surface area (Å²) in [5.41, 5.74) is 15.2. The van der Waals surface area contributed by atoms with Gasteiger partial charge in [0.25, 0.3) is 0 Å². The molecule has 1 aliphatic carbocycles. The van der Waals surface area contributed by atoms with Gasteiger partial charge in [-0.25, -0.2) is 9.97 Å². The van der Waals surface area contributed by atoms with Gasteiger partial charge >= 0.3 is 0 Å². The van der Waals surface area contributed by atoms with Crippen LogP contribution >= 0.6 is 0 Å². The van der Waals surface area contributed by atoms with E-state index in [1.165, 1.54) is 32.8 Å². The average Bonchev–Trinajstić information content (AvgIpc) is 3.87. The van der Waals surface area contributed by atoms with E-state index in [1.807, 2.05) is 30.3 Å². The number of benzene rings is 7. The number of hydrogen-bond donors (Lipinski definition) is 0. The molecule has 0 atom stereocenters. The zero-order valence-electron chi connectivity index (χ0n) is 34.4. The highest BCUT2D eigenvalue weighted by atomic mass is 15.2. The van der Waals surface area contributed by atoms with E-state index >= 15 is 0 Å². The topological polar surface area (TPSA) is 61.4 Å². The van der Waals surface area contributed by atoms with Crippen molar-refractivity contribution >= 4 is 38.8 Å². The number of pyridine rings is 1. The highest BCUT2D eigenvalue weighted by Crippen LogP contribution is 2.42. The Kier molecular flexibility index (Phi) is 8.92. The largest absolute Gasteiger partial charge is 0.334 e. The molecule has 0 fully saturated rings. The van der Waals surface area contributed by atoms with Crippen LogP contribution in [0.15, 0.2) is 200 Å². The molecule has 0 saturated heterocycles. The summed E-state index contributed by atoms with van der Waals surface area (Å²) in [6.45, 7) is 0.631. The Balaban J connectivity index is 1.11. The molecule has 0 amide bonds. The Morgan fingerprint density at radius 2 is 1.08 bits per heavy atom. The van der Waals surface area contributed by atoms with Gasteiger partial charge in [-0.15, -0.1) is 0 Å². The second-order valence-electron chi connectivity index (χ2n) is 16.1. The van der Waals surface area contributed by atoms with Crippen molar-refractivity contribution in [3.8, 4) is 62.4 Å². The van der Waals surface area contributed by atoms with E-state index in [0.717, 1.165) is 74.3 Å². The molecule has 0 bridgehead atoms. The third kappa shape index (κ3) is 6.43. The first kappa shape index (κ1) is 36.6. The lowest BCUT2D eigenvalue weighted by Gasteiger charge is -2.16. The van der Waals surface area contributed by atoms with Gasteiger partial charge in [-0.2, -0.15) is 9.97 Å². The maximum absolute atomic E-state index is 5.42. The Hall–Kier alpha value is -8.22. The van der Waals surface area contributed by atoms with Crippen LogP contribution in [-0.4, -0.2) is 29.1 Å². The lowest BCUT2D eigenvalue weighted by Crippen LogP contribution is -2.10. The summed E-state index contributed by atoms with van der Waals surface area (Å²) >= 11 is 0. The molecule has 7 aromatic carbocycles. The van der Waals surface area contributed by atoms with E-state index in [9.17, 15) is 0 Å². The molecule has 11 aromatic rings. The molecule has 0 N–H and O–H groups in total. The first-order valence-corrected chi connectivity index (χ1v) is 21.6. The van der Waals surface area contributed by atoms with Crippen LogP contribution in [0.5, 0.6) is 0 Å². The van der Waals surface area contributed by atoms with Gasteiger partial charge in [-0.05, 0) is 65.4 Å². The minimum absolute atomic E-state index is 0.591. The maximum Gasteiger partial charge on any atom is 0.238 e. The van der Waals surface area contributed by atoms with Crippen molar-refractivity contribution in [1.29, 1.82) is 0 Å². The zero-order chi connectivity index (χ0) is 41.7. The van der Waals surface area contributed by atoms with E-state index in [-0.39, 0.29) is 0 Å². The molecular formula is C57H40N6. The van der Waals surface area contributed by atoms with Crippen molar-refractivity contribution in [2.45, 2.75) is 19.4 Å². The third-order valence-electron chi connectivity index (χ3n) is 12.4. The van der Waals surface area contributed by atoms with E-state index in [1.54, 1.807) is 0 Å². The standard InChI is InChI=1S/C57H40N6/c1-4-18-38(19-5-1)41-25-16-26-42(36-41)56-59-55(40-22-8-3-9-23-40)60-57(61-56)63-52-33-15-13-29-46(52)48-35-34-47-45-28-12-14-32-51(45)62(53(47)54(48)63)37-43-24-10-11-27-44(43)50-31-17-30-49(58-50)39-20-6-2-7-21-39/h1-12,14-28,30-36H,13,29,37H2. The van der Waals surface area contributed by atoms with Gasteiger partial charge in [-0.3, -0.25) is 4.57 Å². The van der Waals surface area contributed by atoms with Crippen LogP contribution in [0.4, 0.5) is 0 Å². The highest BCUT2D eigenvalue weighted by molar-refractivity contribution is 6.18. The summed E-state index contributed by atoms with van der Waals surface area (Å²) in [5, 5.41) is 3.61. The predicted molar refractivity (Wildman–Crippen MR) is 258 cm³/mol. The summed E-state index contributed by atoms with van der Waals surface area (Å²) in [4.78, 5) is 21.2. The number of rotatable bonds is 8. The Morgan fingerprint density at radius 3 is 1.90 bits per heavy atom. The number of aromatic nitrogens is 6. The lowest BCUT2D eigenvalue weighted by atomic mass is 10.00. The lowest BCUT2D eigenvalue weighted by molar-refractivity contribution is 0.865. The monoisotopic (exact) mass is 808 g/mol. The Labute approximate surface area is 365 Å². The molecule has 4 heterocycles. The van der Waals surface area contributed by atoms with E-state index in [0.29, 0.717) is 24.1 Å². The fourth-order valence-electron chi connectivity index (χ4n) is 9.43. The average molecular weight is 809 g/mol. The van der Waals surface area contributed by atoms with Crippen LogP contribution in [-0.2, 0) is 13.0 Å². The van der Waals surface area contributed by atoms with Gasteiger partial charge in [0, 0.05) is 50.5 Å². The summed E-state index contributed by atoms with van der Waals surface area (Å²) in [7, 11) is 0. The van der Waals surface area contributed by atoms with Crippen molar-refractivity contribution in [3.05, 3.63) is 217 Å². The minimum atomic E-state index is 0.591. The van der Waals surface area contributed by atoms with Crippen LogP contribution in [0.3, 0.4) is 0 Å². The molecular weight excluding hydrogens is 769 g/mol. The van der Waals surface area contributed by atoms with Crippen molar-refractivity contribution in [2.75, 3.05) is 0 Å². The summed E-state index contributed by atoms with van der Waals surface area (Å²) in [6, 6.07) is 68.1. The molecule has 0 spiro atoms. The number of para-hydroxylation sites is 1. The molecule has 1 aliphatic rings. The molecule has 6 nitrogen and oxygen atoms in total. The number of hydrogen-bond acceptors (Lipinski definition) is 4. The highest BCUT2D eigenvalue weighted by Gasteiger charge is 2.26. The van der Waals surface area contributed by atoms with Crippen LogP contribution in [0.2, 0.25) is 0 Å². The van der Waals surface area contributed by atoms with Crippen molar-refractivity contribution in [1.82, 2.24) is 29.1 Å². The third-order valence-corrected chi connectivity index (χ3v) is 12.4. The number of aryl methyl sites for hydroxylation is 1. The molecule has 0 radical (unpaired) electrons. The van der Waals surface area contributed by atoms with Crippen LogP contribution in [0, 0.1) is 0 Å². The molecule has 6 heteroatoms. The Morgan fingerprint density at radius 1 is 0.444 bits per heavy atom. The quantitative estimate of drug-likeness (QED) is 0.153. The second kappa shape index (κ2) is 15.4. The van der Waals surface area contributed by atoms with E-state index in [2.05, 4.69) is 185 Å². The van der Waals surface area contributed by atoms with Gasteiger partial charge < -0.3 is 4.57 Å². The first-order chi connectivity index (χ1) is 31.2. The SMILES string of the molecule is C1=Cc2c(c3ccc4c5ccccc5n(Cc5ccccc5-c5cccc(-c6ccccc6)n5)c4c3n2-c2nc(-c3ccccc3)nc(-c3cccc(-c4ccccc4)c3)n2)CC1. The van der Waals surface area contributed by atoms with Gasteiger partial charge in [0.05, 0.1) is 28.1 Å². The Bertz CT molecular complexity index is 3530. The van der Waals surface area contributed by atoms with Gasteiger partial charge in [0.1, 0.15) is 0 Å². The minimum Gasteiger partial charge on any atom is -0.334 e. The second-order valence-corrected chi connectivity index (χ2v) is 16.1. The van der Waals surface area contributed by atoms with Gasteiger partial charge in [-0.1, -0.05) is 176 Å². The first-order valence-electron chi connectivity index (χ1n) is 21.6. The molecule has 63 heavy (non-hydrogen) atoms. The van der Waals surface area contributed by atoms with Crippen molar-refractivity contribution < 1.29 is 0 Å². The van der Waals surface area contributed by atoms with Crippen molar-refractivity contribution in [3.63, 3.8) is 0 Å². The van der Waals surface area contributed by atoms with E-state index in [4.69, 9.17) is 19.9 Å².